The third-order valence-electron chi connectivity index (χ3n) is 3.58. The number of nitrogens with zero attached hydrogens (tertiary/aromatic N) is 3. The molecule has 18 heavy (non-hydrogen) atoms. The molecule has 2 heterocycles. The second-order valence-corrected chi connectivity index (χ2v) is 5.29. The molecule has 102 valence electrons. The minimum Gasteiger partial charge on any atom is -0.340 e. The van der Waals surface area contributed by atoms with E-state index in [1.807, 2.05) is 6.92 Å². The van der Waals surface area contributed by atoms with Gasteiger partial charge in [-0.05, 0) is 25.3 Å². The first kappa shape index (κ1) is 13.5. The largest absolute Gasteiger partial charge is 0.340 e. The highest BCUT2D eigenvalue weighted by Crippen LogP contribution is 2.18. The van der Waals surface area contributed by atoms with E-state index in [2.05, 4.69) is 34.2 Å². The maximum Gasteiger partial charge on any atom is 0.223 e. The molecule has 1 N–H and O–H groups in total. The maximum absolute atomic E-state index is 5.01. The fourth-order valence-electron chi connectivity index (χ4n) is 2.61. The summed E-state index contributed by atoms with van der Waals surface area (Å²) in [5.41, 5.74) is 0. The topological polar surface area (TPSA) is 54.2 Å². The minimum atomic E-state index is 0.651. The summed E-state index contributed by atoms with van der Waals surface area (Å²) in [7, 11) is 0. The molecule has 1 fully saturated rings. The molecule has 1 aromatic heterocycles. The van der Waals surface area contributed by atoms with Crippen LogP contribution < -0.4 is 5.32 Å². The van der Waals surface area contributed by atoms with Crippen molar-refractivity contribution >= 4 is 0 Å². The third kappa shape index (κ3) is 3.53. The number of hydrogen-bond acceptors (Lipinski definition) is 5. The van der Waals surface area contributed by atoms with Gasteiger partial charge in [0.1, 0.15) is 0 Å². The Balaban J connectivity index is 1.80. The molecule has 0 amide bonds. The van der Waals surface area contributed by atoms with Crippen LogP contribution in [-0.4, -0.2) is 40.7 Å². The van der Waals surface area contributed by atoms with Crippen LogP contribution in [0.15, 0.2) is 4.52 Å². The lowest BCUT2D eigenvalue weighted by atomic mass is 9.94. The molecule has 2 unspecified atom stereocenters. The van der Waals surface area contributed by atoms with Crippen LogP contribution in [0.1, 0.15) is 38.4 Å². The average molecular weight is 252 g/mol. The first-order valence-corrected chi connectivity index (χ1v) is 6.94. The van der Waals surface area contributed by atoms with Crippen LogP contribution in [0.25, 0.3) is 0 Å². The SMILES string of the molecule is CCCNC1CCN(Cc2noc(C)n2)CC1C. The van der Waals surface area contributed by atoms with Gasteiger partial charge in [-0.25, -0.2) is 0 Å². The van der Waals surface area contributed by atoms with Crippen LogP contribution >= 0.6 is 0 Å². The number of aromatic nitrogens is 2. The molecule has 0 aliphatic carbocycles. The van der Waals surface area contributed by atoms with Crippen LogP contribution in [0.3, 0.4) is 0 Å². The molecule has 1 aromatic rings. The zero-order valence-corrected chi connectivity index (χ0v) is 11.6. The van der Waals surface area contributed by atoms with E-state index < -0.39 is 0 Å². The molecule has 2 atom stereocenters. The Morgan fingerprint density at radius 1 is 1.50 bits per heavy atom. The Hall–Kier alpha value is -0.940. The summed E-state index contributed by atoms with van der Waals surface area (Å²) in [6.07, 6.45) is 2.41. The van der Waals surface area contributed by atoms with Gasteiger partial charge in [0.05, 0.1) is 6.54 Å². The first-order valence-electron chi connectivity index (χ1n) is 6.94. The van der Waals surface area contributed by atoms with E-state index in [0.29, 0.717) is 17.9 Å². The van der Waals surface area contributed by atoms with Gasteiger partial charge >= 0.3 is 0 Å². The van der Waals surface area contributed by atoms with Crippen molar-refractivity contribution in [2.24, 2.45) is 5.92 Å². The quantitative estimate of drug-likeness (QED) is 0.862. The van der Waals surface area contributed by atoms with Crippen molar-refractivity contribution in [2.45, 2.75) is 46.2 Å². The molecule has 1 saturated heterocycles. The number of piperidine rings is 1. The van der Waals surface area contributed by atoms with Gasteiger partial charge in [-0.3, -0.25) is 4.90 Å². The molecular formula is C13H24N4O. The third-order valence-corrected chi connectivity index (χ3v) is 3.58. The van der Waals surface area contributed by atoms with Crippen LogP contribution in [0.2, 0.25) is 0 Å². The molecule has 1 aliphatic rings. The Labute approximate surface area is 109 Å². The molecule has 0 bridgehead atoms. The smallest absolute Gasteiger partial charge is 0.223 e. The first-order chi connectivity index (χ1) is 8.69. The van der Waals surface area contributed by atoms with Crippen LogP contribution in [0.4, 0.5) is 0 Å². The molecule has 0 aromatic carbocycles. The predicted molar refractivity (Wildman–Crippen MR) is 70.2 cm³/mol. The van der Waals surface area contributed by atoms with E-state index in [0.717, 1.165) is 32.0 Å². The van der Waals surface area contributed by atoms with Crippen LogP contribution in [0, 0.1) is 12.8 Å². The Morgan fingerprint density at radius 3 is 2.94 bits per heavy atom. The molecule has 0 saturated carbocycles. The second-order valence-electron chi connectivity index (χ2n) is 5.29. The molecule has 0 spiro atoms. The van der Waals surface area contributed by atoms with Crippen LogP contribution in [-0.2, 0) is 6.54 Å². The van der Waals surface area contributed by atoms with E-state index in [1.54, 1.807) is 0 Å². The maximum atomic E-state index is 5.01. The van der Waals surface area contributed by atoms with E-state index in [-0.39, 0.29) is 0 Å². The Bertz CT molecular complexity index is 366. The van der Waals surface area contributed by atoms with E-state index in [4.69, 9.17) is 4.52 Å². The number of rotatable bonds is 5. The molecule has 5 heteroatoms. The highest BCUT2D eigenvalue weighted by molar-refractivity contribution is 4.88. The zero-order chi connectivity index (χ0) is 13.0. The lowest BCUT2D eigenvalue weighted by Gasteiger charge is -2.36. The monoisotopic (exact) mass is 252 g/mol. The van der Waals surface area contributed by atoms with Crippen molar-refractivity contribution in [3.8, 4) is 0 Å². The molecule has 5 nitrogen and oxygen atoms in total. The Kier molecular flexibility index (Phi) is 4.72. The van der Waals surface area contributed by atoms with Crippen molar-refractivity contribution in [2.75, 3.05) is 19.6 Å². The van der Waals surface area contributed by atoms with Gasteiger partial charge in [0, 0.05) is 26.1 Å². The van der Waals surface area contributed by atoms with Crippen molar-refractivity contribution in [3.63, 3.8) is 0 Å². The predicted octanol–water partition coefficient (Wildman–Crippen LogP) is 1.59. The summed E-state index contributed by atoms with van der Waals surface area (Å²) in [5, 5.41) is 7.59. The lowest BCUT2D eigenvalue weighted by Crippen LogP contribution is -2.48. The fourth-order valence-corrected chi connectivity index (χ4v) is 2.61. The molecule has 0 radical (unpaired) electrons. The van der Waals surface area contributed by atoms with Crippen LogP contribution in [0.5, 0.6) is 0 Å². The van der Waals surface area contributed by atoms with E-state index in [1.165, 1.54) is 12.8 Å². The summed E-state index contributed by atoms with van der Waals surface area (Å²) < 4.78 is 5.01. The lowest BCUT2D eigenvalue weighted by molar-refractivity contribution is 0.137. The Morgan fingerprint density at radius 2 is 2.33 bits per heavy atom. The van der Waals surface area contributed by atoms with Crippen molar-refractivity contribution in [1.82, 2.24) is 20.4 Å². The summed E-state index contributed by atoms with van der Waals surface area (Å²) in [6, 6.07) is 0.660. The van der Waals surface area contributed by atoms with E-state index in [9.17, 15) is 0 Å². The van der Waals surface area contributed by atoms with Gasteiger partial charge < -0.3 is 9.84 Å². The zero-order valence-electron chi connectivity index (χ0n) is 11.6. The average Bonchev–Trinajstić information content (AvgIpc) is 2.74. The van der Waals surface area contributed by atoms with Crippen molar-refractivity contribution < 1.29 is 4.52 Å². The number of hydrogen-bond donors (Lipinski definition) is 1. The normalized spacial score (nSPS) is 25.5. The van der Waals surface area contributed by atoms with Gasteiger partial charge in [0.25, 0.3) is 0 Å². The minimum absolute atomic E-state index is 0.651. The molecular weight excluding hydrogens is 228 g/mol. The number of aryl methyl sites for hydroxylation is 1. The van der Waals surface area contributed by atoms with Gasteiger partial charge in [-0.1, -0.05) is 19.0 Å². The summed E-state index contributed by atoms with van der Waals surface area (Å²) in [4.78, 5) is 6.68. The van der Waals surface area contributed by atoms with Gasteiger partial charge in [0.2, 0.25) is 5.89 Å². The summed E-state index contributed by atoms with van der Waals surface area (Å²) >= 11 is 0. The second kappa shape index (κ2) is 6.29. The summed E-state index contributed by atoms with van der Waals surface area (Å²) in [5.74, 6) is 2.13. The number of likely N-dealkylation sites (tertiary alicyclic amines) is 1. The highest BCUT2D eigenvalue weighted by atomic mass is 16.5. The van der Waals surface area contributed by atoms with Gasteiger partial charge in [-0.2, -0.15) is 4.98 Å². The van der Waals surface area contributed by atoms with E-state index >= 15 is 0 Å². The highest BCUT2D eigenvalue weighted by Gasteiger charge is 2.26. The molecule has 1 aliphatic heterocycles. The summed E-state index contributed by atoms with van der Waals surface area (Å²) in [6.45, 7) is 10.5. The fraction of sp³-hybridized carbons (Fsp3) is 0.846. The number of nitrogens with one attached hydrogen (secondary N) is 1. The van der Waals surface area contributed by atoms with Gasteiger partial charge in [0.15, 0.2) is 5.82 Å². The molecule has 2 rings (SSSR count). The van der Waals surface area contributed by atoms with Gasteiger partial charge in [-0.15, -0.1) is 0 Å². The standard InChI is InChI=1S/C13H24N4O/c1-4-6-14-12-5-7-17(8-10(12)2)9-13-15-11(3)18-16-13/h10,12,14H,4-9H2,1-3H3. The van der Waals surface area contributed by atoms with Crippen molar-refractivity contribution in [1.29, 1.82) is 0 Å². The van der Waals surface area contributed by atoms with Crippen molar-refractivity contribution in [3.05, 3.63) is 11.7 Å².